The lowest BCUT2D eigenvalue weighted by molar-refractivity contribution is -0.161. The fourth-order valence-corrected chi connectivity index (χ4v) is 12.1. The lowest BCUT2D eigenvalue weighted by Gasteiger charge is -2.21. The number of esters is 3. The molecule has 0 amide bonds. The molecule has 0 aromatic carbocycles. The molecule has 0 aromatic rings. The molecule has 0 aromatic heterocycles. The van der Waals surface area contributed by atoms with Crippen LogP contribution in [-0.2, 0) is 55.8 Å². The van der Waals surface area contributed by atoms with Gasteiger partial charge in [0.25, 0.3) is 0 Å². The second-order valence-electron chi connectivity index (χ2n) is 25.8. The first-order chi connectivity index (χ1) is 47.2. The summed E-state index contributed by atoms with van der Waals surface area (Å²) in [5, 5.41) is 20.6. The van der Waals surface area contributed by atoms with Gasteiger partial charge in [-0.1, -0.05) is 311 Å². The van der Waals surface area contributed by atoms with Crippen LogP contribution in [0.5, 0.6) is 0 Å². The SMILES string of the molecule is CC/C=C\C/C=C\C/C=C\C/C=C\C/C=C\CCCCCCCCCCCCCCCCCCCCCC(=O)OCC(O)COP(=O)(O)OCC(O)COP(=O)(O)OCC(COC(=O)CCCCCCC/C=C\C/C=C\C/C=C\CC)OC(=O)CCCCCCCCCCCCC. The number of hydrogen-bond acceptors (Lipinski definition) is 14. The van der Waals surface area contributed by atoms with E-state index in [9.17, 15) is 43.5 Å². The fraction of sp³-hybridized carbons (Fsp3) is 0.759. The van der Waals surface area contributed by atoms with Crippen molar-refractivity contribution in [2.75, 3.05) is 39.6 Å². The molecule has 4 N–H and O–H groups in total. The lowest BCUT2D eigenvalue weighted by atomic mass is 10.0. The van der Waals surface area contributed by atoms with E-state index >= 15 is 0 Å². The van der Waals surface area contributed by atoms with Crippen molar-refractivity contribution in [1.29, 1.82) is 0 Å². The summed E-state index contributed by atoms with van der Waals surface area (Å²) in [6.45, 7) is 2.45. The highest BCUT2D eigenvalue weighted by Crippen LogP contribution is 2.45. The number of phosphoric acid groups is 2. The molecule has 16 nitrogen and oxygen atoms in total. The third-order valence-electron chi connectivity index (χ3n) is 16.3. The molecule has 5 atom stereocenters. The number of carbonyl (C=O) groups is 3. The van der Waals surface area contributed by atoms with E-state index in [2.05, 4.69) is 118 Å². The van der Waals surface area contributed by atoms with Gasteiger partial charge in [-0.3, -0.25) is 32.5 Å². The Hall–Kier alpha value is -3.53. The Kier molecular flexibility index (Phi) is 69.6. The zero-order chi connectivity index (χ0) is 70.9. The van der Waals surface area contributed by atoms with Gasteiger partial charge in [0.2, 0.25) is 0 Å². The largest absolute Gasteiger partial charge is 0.472 e. The standard InChI is InChI=1S/C79H140O16P2/c1-4-7-10-13-16-19-22-24-26-27-28-29-30-31-32-33-34-35-36-37-38-39-40-41-42-43-44-45-47-49-51-53-56-59-62-65-77(82)89-68-74(80)69-91-96(85,86)92-70-75(81)71-93-97(87,88)94-73-76(95-79(84)67-64-61-58-55-50-21-18-15-12-9-6-3)72-90-78(83)66-63-60-57-54-52-48-46-25-23-20-17-14-11-8-5-2/h7-8,10-11,16-17,19-20,24-26,28-29,31-32,46,74-76,80-81H,4-6,9,12-15,18,21-23,27,30,33-45,47-73H2,1-3H3,(H,85,86)(H,87,88)/b10-7-,11-8-,19-16-,20-17-,26-24-,29-28-,32-31-,46-25-. The van der Waals surface area contributed by atoms with Gasteiger partial charge < -0.3 is 34.2 Å². The third kappa shape index (κ3) is 73.5. The maximum Gasteiger partial charge on any atom is 0.472 e. The van der Waals surface area contributed by atoms with Crippen LogP contribution < -0.4 is 0 Å². The molecule has 0 radical (unpaired) electrons. The quantitative estimate of drug-likeness (QED) is 0.0146. The van der Waals surface area contributed by atoms with Crippen LogP contribution >= 0.6 is 15.6 Å². The summed E-state index contributed by atoms with van der Waals surface area (Å²) in [4.78, 5) is 58.4. The van der Waals surface area contributed by atoms with Crippen LogP contribution in [0.2, 0.25) is 0 Å². The Morgan fingerprint density at radius 1 is 0.299 bits per heavy atom. The summed E-state index contributed by atoms with van der Waals surface area (Å²) in [5.41, 5.74) is 0. The van der Waals surface area contributed by atoms with Crippen LogP contribution in [0.25, 0.3) is 0 Å². The van der Waals surface area contributed by atoms with Crippen LogP contribution in [-0.4, -0.2) is 95.9 Å². The summed E-state index contributed by atoms with van der Waals surface area (Å²) in [6.07, 6.45) is 82.1. The first-order valence-corrected chi connectivity index (χ1v) is 41.5. The molecule has 0 aliphatic carbocycles. The van der Waals surface area contributed by atoms with Gasteiger partial charge >= 0.3 is 33.6 Å². The van der Waals surface area contributed by atoms with Crippen molar-refractivity contribution < 1.29 is 75.8 Å². The molecule has 5 unspecified atom stereocenters. The zero-order valence-electron chi connectivity index (χ0n) is 61.2. The Morgan fingerprint density at radius 3 is 0.866 bits per heavy atom. The molecule has 562 valence electrons. The van der Waals surface area contributed by atoms with E-state index in [0.717, 1.165) is 128 Å². The number of rotatable bonds is 73. The van der Waals surface area contributed by atoms with Crippen molar-refractivity contribution in [3.8, 4) is 0 Å². The van der Waals surface area contributed by atoms with E-state index in [1.807, 2.05) is 0 Å². The molecule has 0 saturated carbocycles. The summed E-state index contributed by atoms with van der Waals surface area (Å²) >= 11 is 0. The van der Waals surface area contributed by atoms with E-state index in [-0.39, 0.29) is 19.3 Å². The second-order valence-corrected chi connectivity index (χ2v) is 28.7. The van der Waals surface area contributed by atoms with Crippen molar-refractivity contribution in [3.63, 3.8) is 0 Å². The first-order valence-electron chi connectivity index (χ1n) is 38.5. The van der Waals surface area contributed by atoms with Crippen molar-refractivity contribution in [1.82, 2.24) is 0 Å². The minimum atomic E-state index is -4.92. The van der Waals surface area contributed by atoms with Gasteiger partial charge in [-0.2, -0.15) is 0 Å². The molecule has 0 rings (SSSR count). The van der Waals surface area contributed by atoms with E-state index in [0.29, 0.717) is 19.3 Å². The van der Waals surface area contributed by atoms with Gasteiger partial charge in [0.1, 0.15) is 25.4 Å². The van der Waals surface area contributed by atoms with E-state index in [4.69, 9.17) is 32.3 Å². The summed E-state index contributed by atoms with van der Waals surface area (Å²) in [6, 6.07) is 0. The second kappa shape index (κ2) is 72.3. The number of phosphoric ester groups is 2. The number of unbranched alkanes of at least 4 members (excludes halogenated alkanes) is 34. The van der Waals surface area contributed by atoms with Gasteiger partial charge in [-0.05, 0) is 96.3 Å². The predicted octanol–water partition coefficient (Wildman–Crippen LogP) is 22.2. The molecule has 97 heavy (non-hydrogen) atoms. The Balaban J connectivity index is 4.27. The summed E-state index contributed by atoms with van der Waals surface area (Å²) < 4.78 is 60.9. The molecule has 0 saturated heterocycles. The molecule has 0 spiro atoms. The molecule has 0 bridgehead atoms. The maximum absolute atomic E-state index is 12.9. The van der Waals surface area contributed by atoms with Crippen LogP contribution in [0.15, 0.2) is 97.2 Å². The van der Waals surface area contributed by atoms with Gasteiger partial charge in [0, 0.05) is 19.3 Å². The highest BCUT2D eigenvalue weighted by atomic mass is 31.2. The van der Waals surface area contributed by atoms with Gasteiger partial charge in [-0.15, -0.1) is 0 Å². The predicted molar refractivity (Wildman–Crippen MR) is 399 cm³/mol. The topological polar surface area (TPSA) is 231 Å². The number of aliphatic hydroxyl groups excluding tert-OH is 2. The molecular weight excluding hydrogens is 1270 g/mol. The highest BCUT2D eigenvalue weighted by Gasteiger charge is 2.29. The molecule has 0 aliphatic rings. The summed E-state index contributed by atoms with van der Waals surface area (Å²) in [5.74, 6) is -1.58. The average molecular weight is 1410 g/mol. The molecular formula is C79H140O16P2. The monoisotopic (exact) mass is 1410 g/mol. The van der Waals surface area contributed by atoms with E-state index in [1.54, 1.807) is 0 Å². The minimum Gasteiger partial charge on any atom is -0.463 e. The third-order valence-corrected chi connectivity index (χ3v) is 18.2. The summed E-state index contributed by atoms with van der Waals surface area (Å²) in [7, 11) is -9.77. The minimum absolute atomic E-state index is 0.104. The zero-order valence-corrected chi connectivity index (χ0v) is 63.0. The number of carbonyl (C=O) groups excluding carboxylic acids is 3. The fourth-order valence-electron chi connectivity index (χ4n) is 10.5. The molecule has 18 heteroatoms. The number of aliphatic hydroxyl groups is 2. The van der Waals surface area contributed by atoms with Gasteiger partial charge in [0.05, 0.1) is 26.4 Å². The number of ether oxygens (including phenoxy) is 3. The Bertz CT molecular complexity index is 2150. The van der Waals surface area contributed by atoms with E-state index in [1.165, 1.54) is 141 Å². The van der Waals surface area contributed by atoms with E-state index < -0.39 is 91.5 Å². The molecule has 0 heterocycles. The molecule has 0 fully saturated rings. The average Bonchev–Trinajstić information content (AvgIpc) is 2.25. The van der Waals surface area contributed by atoms with Crippen molar-refractivity contribution in [3.05, 3.63) is 97.2 Å². The van der Waals surface area contributed by atoms with Crippen LogP contribution in [0.1, 0.15) is 329 Å². The van der Waals surface area contributed by atoms with Crippen LogP contribution in [0.3, 0.4) is 0 Å². The normalized spacial score (nSPS) is 14.6. The number of allylic oxidation sites excluding steroid dienone is 16. The Labute approximate surface area is 590 Å². The van der Waals surface area contributed by atoms with Gasteiger partial charge in [0.15, 0.2) is 6.10 Å². The maximum atomic E-state index is 12.9. The van der Waals surface area contributed by atoms with Crippen molar-refractivity contribution in [2.45, 2.75) is 347 Å². The molecule has 0 aliphatic heterocycles. The van der Waals surface area contributed by atoms with Crippen LogP contribution in [0.4, 0.5) is 0 Å². The van der Waals surface area contributed by atoms with Crippen molar-refractivity contribution >= 4 is 33.6 Å². The first kappa shape index (κ1) is 93.5. The smallest absolute Gasteiger partial charge is 0.463 e. The van der Waals surface area contributed by atoms with Gasteiger partial charge in [-0.25, -0.2) is 9.13 Å². The van der Waals surface area contributed by atoms with Crippen LogP contribution in [0, 0.1) is 0 Å². The van der Waals surface area contributed by atoms with Crippen molar-refractivity contribution in [2.24, 2.45) is 0 Å². The Morgan fingerprint density at radius 2 is 0.546 bits per heavy atom. The highest BCUT2D eigenvalue weighted by molar-refractivity contribution is 7.47. The number of hydrogen-bond donors (Lipinski definition) is 4. The lowest BCUT2D eigenvalue weighted by Crippen LogP contribution is -2.30.